The van der Waals surface area contributed by atoms with Crippen molar-refractivity contribution in [3.8, 4) is 0 Å². The normalized spacial score (nSPS) is 21.0. The number of benzene rings is 1. The number of thioether (sulfide) groups is 1. The smallest absolute Gasteiger partial charge is 0.322 e. The van der Waals surface area contributed by atoms with Gasteiger partial charge in [0.25, 0.3) is 0 Å². The van der Waals surface area contributed by atoms with Crippen LogP contribution in [0.5, 0.6) is 0 Å². The molecule has 130 valence electrons. The highest BCUT2D eigenvalue weighted by molar-refractivity contribution is 7.99. The van der Waals surface area contributed by atoms with Crippen molar-refractivity contribution in [2.75, 3.05) is 36.5 Å². The first-order valence-electron chi connectivity index (χ1n) is 8.57. The van der Waals surface area contributed by atoms with Crippen molar-refractivity contribution in [1.82, 2.24) is 9.80 Å². The van der Waals surface area contributed by atoms with Crippen LogP contribution in [0.3, 0.4) is 0 Å². The highest BCUT2D eigenvalue weighted by atomic mass is 32.2. The van der Waals surface area contributed by atoms with E-state index in [1.165, 1.54) is 5.56 Å². The Balaban J connectivity index is 1.66. The van der Waals surface area contributed by atoms with Gasteiger partial charge in [-0.1, -0.05) is 6.07 Å². The lowest BCUT2D eigenvalue weighted by Crippen LogP contribution is -2.51. The quantitative estimate of drug-likeness (QED) is 0.895. The molecular weight excluding hydrogens is 322 g/mol. The van der Waals surface area contributed by atoms with E-state index in [1.807, 2.05) is 48.7 Å². The highest BCUT2D eigenvalue weighted by Crippen LogP contribution is 2.23. The van der Waals surface area contributed by atoms with Crippen molar-refractivity contribution < 1.29 is 9.59 Å². The van der Waals surface area contributed by atoms with Crippen LogP contribution in [0, 0.1) is 13.8 Å². The predicted octanol–water partition coefficient (Wildman–Crippen LogP) is 2.88. The summed E-state index contributed by atoms with van der Waals surface area (Å²) in [6, 6.07) is 5.42. The summed E-state index contributed by atoms with van der Waals surface area (Å²) in [5.74, 6) is 2.10. The van der Waals surface area contributed by atoms with Gasteiger partial charge in [-0.25, -0.2) is 4.79 Å². The van der Waals surface area contributed by atoms with E-state index in [9.17, 15) is 9.59 Å². The van der Waals surface area contributed by atoms with Gasteiger partial charge in [0, 0.05) is 36.8 Å². The zero-order valence-electron chi connectivity index (χ0n) is 14.4. The number of carbonyl (C=O) groups is 2. The number of aryl methyl sites for hydroxylation is 2. The summed E-state index contributed by atoms with van der Waals surface area (Å²) in [7, 11) is 0. The van der Waals surface area contributed by atoms with Gasteiger partial charge in [0.2, 0.25) is 5.91 Å². The Hall–Kier alpha value is -1.69. The van der Waals surface area contributed by atoms with Crippen LogP contribution in [0.15, 0.2) is 18.2 Å². The molecule has 0 aliphatic carbocycles. The van der Waals surface area contributed by atoms with Gasteiger partial charge in [-0.05, 0) is 49.9 Å². The molecule has 2 aliphatic rings. The van der Waals surface area contributed by atoms with Crippen LogP contribution in [-0.2, 0) is 4.79 Å². The Morgan fingerprint density at radius 1 is 1.12 bits per heavy atom. The molecule has 24 heavy (non-hydrogen) atoms. The van der Waals surface area contributed by atoms with E-state index in [-0.39, 0.29) is 18.0 Å². The Kier molecular flexibility index (Phi) is 5.33. The minimum atomic E-state index is -0.306. The summed E-state index contributed by atoms with van der Waals surface area (Å²) in [5, 5.41) is 2.95. The third-order valence-electron chi connectivity index (χ3n) is 4.88. The van der Waals surface area contributed by atoms with E-state index < -0.39 is 0 Å². The number of amides is 3. The fourth-order valence-corrected chi connectivity index (χ4v) is 4.18. The fraction of sp³-hybridized carbons (Fsp3) is 0.556. The van der Waals surface area contributed by atoms with Gasteiger partial charge < -0.3 is 15.1 Å². The molecule has 1 aromatic rings. The third-order valence-corrected chi connectivity index (χ3v) is 5.82. The average Bonchev–Trinajstić information content (AvgIpc) is 3.08. The number of carbonyl (C=O) groups excluding carboxylic acids is 2. The molecule has 5 nitrogen and oxygen atoms in total. The minimum absolute atomic E-state index is 0.114. The van der Waals surface area contributed by atoms with E-state index >= 15 is 0 Å². The van der Waals surface area contributed by atoms with Crippen LogP contribution in [0.4, 0.5) is 10.5 Å². The maximum atomic E-state index is 12.8. The molecule has 6 heteroatoms. The van der Waals surface area contributed by atoms with Crippen LogP contribution in [0.25, 0.3) is 0 Å². The second kappa shape index (κ2) is 7.47. The number of nitrogens with zero attached hydrogens (tertiary/aromatic N) is 2. The Labute approximate surface area is 147 Å². The van der Waals surface area contributed by atoms with E-state index in [1.54, 1.807) is 4.90 Å². The minimum Gasteiger partial charge on any atom is -0.339 e. The maximum Gasteiger partial charge on any atom is 0.322 e. The largest absolute Gasteiger partial charge is 0.339 e. The van der Waals surface area contributed by atoms with E-state index in [4.69, 9.17) is 0 Å². The molecule has 0 saturated carbocycles. The number of rotatable bonds is 2. The summed E-state index contributed by atoms with van der Waals surface area (Å²) >= 11 is 1.88. The molecule has 0 unspecified atom stereocenters. The van der Waals surface area contributed by atoms with Gasteiger partial charge in [-0.2, -0.15) is 11.8 Å². The lowest BCUT2D eigenvalue weighted by molar-refractivity contribution is -0.134. The zero-order valence-corrected chi connectivity index (χ0v) is 15.2. The average molecular weight is 347 g/mol. The summed E-state index contributed by atoms with van der Waals surface area (Å²) in [6.07, 6.45) is 1.65. The van der Waals surface area contributed by atoms with Gasteiger partial charge in [0.15, 0.2) is 0 Å². The molecule has 2 saturated heterocycles. The number of urea groups is 1. The molecule has 1 N–H and O–H groups in total. The summed E-state index contributed by atoms with van der Waals surface area (Å²) < 4.78 is 0. The number of anilines is 1. The summed E-state index contributed by atoms with van der Waals surface area (Å²) in [5.41, 5.74) is 3.13. The SMILES string of the molecule is Cc1ccc(NC(=O)N2CCC[C@H]2C(=O)N2CCSCC2)cc1C. The molecule has 1 aromatic carbocycles. The molecule has 0 bridgehead atoms. The molecule has 0 aromatic heterocycles. The first-order chi connectivity index (χ1) is 11.6. The predicted molar refractivity (Wildman–Crippen MR) is 98.6 cm³/mol. The molecule has 2 fully saturated rings. The van der Waals surface area contributed by atoms with Crippen molar-refractivity contribution in [2.45, 2.75) is 32.7 Å². The molecule has 3 rings (SSSR count). The van der Waals surface area contributed by atoms with Gasteiger partial charge in [-0.15, -0.1) is 0 Å². The second-order valence-corrected chi connectivity index (χ2v) is 7.74. The molecular formula is C18H25N3O2S. The molecule has 2 aliphatic heterocycles. The lowest BCUT2D eigenvalue weighted by atomic mass is 10.1. The van der Waals surface area contributed by atoms with E-state index in [2.05, 4.69) is 5.32 Å². The van der Waals surface area contributed by atoms with Crippen LogP contribution < -0.4 is 5.32 Å². The first kappa shape index (κ1) is 17.1. The van der Waals surface area contributed by atoms with Crippen molar-refractivity contribution in [1.29, 1.82) is 0 Å². The monoisotopic (exact) mass is 347 g/mol. The van der Waals surface area contributed by atoms with Gasteiger partial charge in [0.1, 0.15) is 6.04 Å². The molecule has 2 heterocycles. The van der Waals surface area contributed by atoms with Crippen LogP contribution in [0.2, 0.25) is 0 Å². The van der Waals surface area contributed by atoms with E-state index in [0.29, 0.717) is 6.54 Å². The molecule has 0 spiro atoms. The zero-order chi connectivity index (χ0) is 17.1. The summed E-state index contributed by atoms with van der Waals surface area (Å²) in [6.45, 7) is 6.32. The number of hydrogen-bond donors (Lipinski definition) is 1. The fourth-order valence-electron chi connectivity index (χ4n) is 3.28. The molecule has 1 atom stereocenters. The van der Waals surface area contributed by atoms with E-state index in [0.717, 1.165) is 48.7 Å². The topological polar surface area (TPSA) is 52.7 Å². The summed E-state index contributed by atoms with van der Waals surface area (Å²) in [4.78, 5) is 29.0. The maximum absolute atomic E-state index is 12.8. The Morgan fingerprint density at radius 2 is 1.88 bits per heavy atom. The molecule has 3 amide bonds. The number of nitrogens with one attached hydrogen (secondary N) is 1. The van der Waals surface area contributed by atoms with Crippen molar-refractivity contribution >= 4 is 29.4 Å². The number of likely N-dealkylation sites (tertiary alicyclic amines) is 1. The van der Waals surface area contributed by atoms with Crippen molar-refractivity contribution in [2.24, 2.45) is 0 Å². The standard InChI is InChI=1S/C18H25N3O2S/c1-13-5-6-15(12-14(13)2)19-18(23)21-7-3-4-16(21)17(22)20-8-10-24-11-9-20/h5-6,12,16H,3-4,7-11H2,1-2H3,(H,19,23)/t16-/m0/s1. The third kappa shape index (κ3) is 3.69. The van der Waals surface area contributed by atoms with Crippen LogP contribution >= 0.6 is 11.8 Å². The Bertz CT molecular complexity index is 629. The van der Waals surface area contributed by atoms with Crippen molar-refractivity contribution in [3.05, 3.63) is 29.3 Å². The highest BCUT2D eigenvalue weighted by Gasteiger charge is 2.36. The second-order valence-electron chi connectivity index (χ2n) is 6.52. The van der Waals surface area contributed by atoms with Gasteiger partial charge >= 0.3 is 6.03 Å². The molecule has 0 radical (unpaired) electrons. The lowest BCUT2D eigenvalue weighted by Gasteiger charge is -2.32. The first-order valence-corrected chi connectivity index (χ1v) is 9.73. The van der Waals surface area contributed by atoms with Crippen LogP contribution in [0.1, 0.15) is 24.0 Å². The van der Waals surface area contributed by atoms with Gasteiger partial charge in [-0.3, -0.25) is 4.79 Å². The van der Waals surface area contributed by atoms with Crippen LogP contribution in [-0.4, -0.2) is 58.9 Å². The van der Waals surface area contributed by atoms with Gasteiger partial charge in [0.05, 0.1) is 0 Å². The van der Waals surface area contributed by atoms with Crippen molar-refractivity contribution in [3.63, 3.8) is 0 Å². The Morgan fingerprint density at radius 3 is 2.58 bits per heavy atom. The number of hydrogen-bond acceptors (Lipinski definition) is 3.